The molecule has 4 rings (SSSR count). The number of nitrogens with one attached hydrogen (secondary N) is 1. The van der Waals surface area contributed by atoms with E-state index in [9.17, 15) is 9.18 Å². The highest BCUT2D eigenvalue weighted by Gasteiger charge is 2.14. The number of carbonyl (C=O) groups excluding carboxylic acids is 1. The lowest BCUT2D eigenvalue weighted by Gasteiger charge is -2.27. The summed E-state index contributed by atoms with van der Waals surface area (Å²) in [6, 6.07) is 12.3. The first-order valence-corrected chi connectivity index (χ1v) is 9.41. The Hall–Kier alpha value is -2.89. The second-order valence-corrected chi connectivity index (χ2v) is 6.98. The largest absolute Gasteiger partial charge is 0.357 e. The van der Waals surface area contributed by atoms with E-state index in [1.807, 2.05) is 16.8 Å². The molecule has 0 saturated carbocycles. The molecular weight excluding hydrogens is 343 g/mol. The molecule has 1 N–H and O–H groups in total. The maximum atomic E-state index is 13.2. The Bertz CT molecular complexity index is 946. The summed E-state index contributed by atoms with van der Waals surface area (Å²) in [5.74, 6) is 0.553. The number of piperidine rings is 1. The Morgan fingerprint density at radius 1 is 1.11 bits per heavy atom. The Morgan fingerprint density at radius 3 is 2.78 bits per heavy atom. The third-order valence-electron chi connectivity index (χ3n) is 4.97. The quantitative estimate of drug-likeness (QED) is 0.752. The van der Waals surface area contributed by atoms with Crippen LogP contribution in [0.1, 0.15) is 24.8 Å². The SMILES string of the molecule is O=C(Cn1ccc2ccc(N3CCCCC3)nc21)NCc1cccc(F)c1. The molecule has 0 radical (unpaired) electrons. The molecule has 1 aliphatic rings. The maximum absolute atomic E-state index is 13.2. The molecule has 0 unspecified atom stereocenters. The summed E-state index contributed by atoms with van der Waals surface area (Å²) in [5, 5.41) is 3.86. The van der Waals surface area contributed by atoms with E-state index in [-0.39, 0.29) is 18.3 Å². The van der Waals surface area contributed by atoms with Crippen LogP contribution in [0.15, 0.2) is 48.7 Å². The van der Waals surface area contributed by atoms with Gasteiger partial charge in [-0.3, -0.25) is 4.79 Å². The van der Waals surface area contributed by atoms with E-state index in [0.29, 0.717) is 6.54 Å². The average Bonchev–Trinajstić information content (AvgIpc) is 3.09. The lowest BCUT2D eigenvalue weighted by atomic mass is 10.1. The summed E-state index contributed by atoms with van der Waals surface area (Å²) in [5.41, 5.74) is 1.56. The summed E-state index contributed by atoms with van der Waals surface area (Å²) in [4.78, 5) is 19.4. The van der Waals surface area contributed by atoms with E-state index in [0.717, 1.165) is 35.5 Å². The third kappa shape index (κ3) is 4.10. The van der Waals surface area contributed by atoms with Crippen molar-refractivity contribution in [3.63, 3.8) is 0 Å². The molecule has 1 aliphatic heterocycles. The highest BCUT2D eigenvalue weighted by Crippen LogP contribution is 2.22. The fraction of sp³-hybridized carbons (Fsp3) is 0.333. The topological polar surface area (TPSA) is 50.2 Å². The van der Waals surface area contributed by atoms with Crippen LogP contribution in [-0.2, 0) is 17.9 Å². The van der Waals surface area contributed by atoms with Gasteiger partial charge in [-0.15, -0.1) is 0 Å². The van der Waals surface area contributed by atoms with Gasteiger partial charge in [-0.25, -0.2) is 9.37 Å². The molecule has 0 aliphatic carbocycles. The number of halogens is 1. The second-order valence-electron chi connectivity index (χ2n) is 6.98. The minimum Gasteiger partial charge on any atom is -0.357 e. The molecule has 0 atom stereocenters. The number of aromatic nitrogens is 2. The Balaban J connectivity index is 1.45. The van der Waals surface area contributed by atoms with Gasteiger partial charge in [0.2, 0.25) is 5.91 Å². The molecule has 6 heteroatoms. The van der Waals surface area contributed by atoms with Crippen LogP contribution >= 0.6 is 0 Å². The summed E-state index contributed by atoms with van der Waals surface area (Å²) < 4.78 is 15.1. The standard InChI is InChI=1S/C21H23FN4O/c22-18-6-4-5-16(13-18)14-23-20(27)15-26-12-9-17-7-8-19(24-21(17)26)25-10-2-1-3-11-25/h4-9,12-13H,1-3,10-11,14-15H2,(H,23,27). The highest BCUT2D eigenvalue weighted by atomic mass is 19.1. The number of benzene rings is 1. The number of rotatable bonds is 5. The monoisotopic (exact) mass is 366 g/mol. The van der Waals surface area contributed by atoms with E-state index >= 15 is 0 Å². The van der Waals surface area contributed by atoms with Crippen molar-refractivity contribution in [2.75, 3.05) is 18.0 Å². The molecule has 0 spiro atoms. The van der Waals surface area contributed by atoms with Gasteiger partial charge >= 0.3 is 0 Å². The van der Waals surface area contributed by atoms with Gasteiger partial charge in [-0.1, -0.05) is 12.1 Å². The summed E-state index contributed by atoms with van der Waals surface area (Å²) in [6.07, 6.45) is 5.56. The van der Waals surface area contributed by atoms with Gasteiger partial charge in [-0.2, -0.15) is 0 Å². The summed E-state index contributed by atoms with van der Waals surface area (Å²) >= 11 is 0. The van der Waals surface area contributed by atoms with Gasteiger partial charge in [0.15, 0.2) is 0 Å². The van der Waals surface area contributed by atoms with Crippen LogP contribution in [0.3, 0.4) is 0 Å². The molecule has 1 aromatic carbocycles. The fourth-order valence-electron chi connectivity index (χ4n) is 3.54. The van der Waals surface area contributed by atoms with Crippen LogP contribution in [0, 0.1) is 5.82 Å². The lowest BCUT2D eigenvalue weighted by molar-refractivity contribution is -0.121. The molecule has 0 bridgehead atoms. The third-order valence-corrected chi connectivity index (χ3v) is 4.97. The molecule has 1 saturated heterocycles. The molecule has 1 amide bonds. The Labute approximate surface area is 157 Å². The molecule has 1 fully saturated rings. The molecule has 3 aromatic rings. The van der Waals surface area contributed by atoms with Crippen molar-refractivity contribution in [2.45, 2.75) is 32.4 Å². The number of carbonyl (C=O) groups is 1. The van der Waals surface area contributed by atoms with E-state index in [2.05, 4.69) is 22.3 Å². The zero-order valence-electron chi connectivity index (χ0n) is 15.2. The number of anilines is 1. The number of nitrogens with zero attached hydrogens (tertiary/aromatic N) is 3. The minimum atomic E-state index is -0.299. The first-order chi connectivity index (χ1) is 13.2. The summed E-state index contributed by atoms with van der Waals surface area (Å²) in [7, 11) is 0. The molecule has 5 nitrogen and oxygen atoms in total. The van der Waals surface area contributed by atoms with Gasteiger partial charge in [0.25, 0.3) is 0 Å². The van der Waals surface area contributed by atoms with Crippen molar-refractivity contribution in [3.05, 3.63) is 60.0 Å². The molecular formula is C21H23FN4O. The average molecular weight is 366 g/mol. The highest BCUT2D eigenvalue weighted by molar-refractivity contribution is 5.82. The molecule has 27 heavy (non-hydrogen) atoms. The van der Waals surface area contributed by atoms with Crippen molar-refractivity contribution in [3.8, 4) is 0 Å². The first-order valence-electron chi connectivity index (χ1n) is 9.41. The van der Waals surface area contributed by atoms with Gasteiger partial charge in [0.05, 0.1) is 0 Å². The number of amides is 1. The van der Waals surface area contributed by atoms with Crippen molar-refractivity contribution < 1.29 is 9.18 Å². The van der Waals surface area contributed by atoms with Gasteiger partial charge in [0, 0.05) is 31.2 Å². The van der Waals surface area contributed by atoms with E-state index in [1.54, 1.807) is 12.1 Å². The van der Waals surface area contributed by atoms with Crippen molar-refractivity contribution in [2.24, 2.45) is 0 Å². The lowest BCUT2D eigenvalue weighted by Crippen LogP contribution is -2.30. The Kier molecular flexibility index (Phi) is 5.05. The van der Waals surface area contributed by atoms with Crippen LogP contribution < -0.4 is 10.2 Å². The predicted molar refractivity (Wildman–Crippen MR) is 104 cm³/mol. The fourth-order valence-corrected chi connectivity index (χ4v) is 3.54. The summed E-state index contributed by atoms with van der Waals surface area (Å²) in [6.45, 7) is 2.57. The molecule has 2 aromatic heterocycles. The van der Waals surface area contributed by atoms with Crippen molar-refractivity contribution >= 4 is 22.8 Å². The minimum absolute atomic E-state index is 0.123. The maximum Gasteiger partial charge on any atom is 0.240 e. The van der Waals surface area contributed by atoms with E-state index in [1.165, 1.54) is 31.4 Å². The van der Waals surface area contributed by atoms with Crippen LogP contribution in [0.5, 0.6) is 0 Å². The van der Waals surface area contributed by atoms with Crippen molar-refractivity contribution in [1.82, 2.24) is 14.9 Å². The normalized spacial score (nSPS) is 14.5. The molecule has 3 heterocycles. The van der Waals surface area contributed by atoms with Crippen LogP contribution in [0.25, 0.3) is 11.0 Å². The molecule has 140 valence electrons. The number of fused-ring (bicyclic) bond motifs is 1. The number of pyridine rings is 1. The Morgan fingerprint density at radius 2 is 1.96 bits per heavy atom. The van der Waals surface area contributed by atoms with E-state index in [4.69, 9.17) is 4.98 Å². The van der Waals surface area contributed by atoms with Crippen molar-refractivity contribution in [1.29, 1.82) is 0 Å². The second kappa shape index (κ2) is 7.78. The first kappa shape index (κ1) is 17.5. The van der Waals surface area contributed by atoms with Crippen LogP contribution in [0.4, 0.5) is 10.2 Å². The number of hydrogen-bond acceptors (Lipinski definition) is 3. The van der Waals surface area contributed by atoms with Gasteiger partial charge in [-0.05, 0) is 55.2 Å². The smallest absolute Gasteiger partial charge is 0.240 e. The van der Waals surface area contributed by atoms with E-state index < -0.39 is 0 Å². The van der Waals surface area contributed by atoms with Gasteiger partial charge in [0.1, 0.15) is 23.8 Å². The number of hydrogen-bond donors (Lipinski definition) is 1. The van der Waals surface area contributed by atoms with Crippen LogP contribution in [-0.4, -0.2) is 28.5 Å². The van der Waals surface area contributed by atoms with Gasteiger partial charge < -0.3 is 14.8 Å². The van der Waals surface area contributed by atoms with Crippen LogP contribution in [0.2, 0.25) is 0 Å². The zero-order chi connectivity index (χ0) is 18.6. The predicted octanol–water partition coefficient (Wildman–Crippen LogP) is 3.48. The zero-order valence-corrected chi connectivity index (χ0v) is 15.2.